The Morgan fingerprint density at radius 2 is 1.81 bits per heavy atom. The molecular weight excluding hydrogens is 483 g/mol. The van der Waals surface area contributed by atoms with Gasteiger partial charge in [-0.3, -0.25) is 10.1 Å². The first-order chi connectivity index (χ1) is 12.3. The maximum atomic E-state index is 14.2. The zero-order chi connectivity index (χ0) is 18.9. The van der Waals surface area contributed by atoms with E-state index in [1.165, 1.54) is 11.4 Å². The van der Waals surface area contributed by atoms with Gasteiger partial charge in [-0.15, -0.1) is 11.3 Å². The van der Waals surface area contributed by atoms with Crippen LogP contribution in [0.4, 0.5) is 22.7 Å². The number of alkyl halides is 3. The molecule has 0 aliphatic rings. The molecule has 0 bridgehead atoms. The number of carbonyl (C=O) groups excluding carboxylic acids is 1. The van der Waals surface area contributed by atoms with E-state index >= 15 is 0 Å². The van der Waals surface area contributed by atoms with Crippen molar-refractivity contribution in [3.05, 3.63) is 68.4 Å². The van der Waals surface area contributed by atoms with Crippen molar-refractivity contribution in [3.8, 4) is 11.3 Å². The molecule has 3 nitrogen and oxygen atoms in total. The minimum Gasteiger partial charge on any atom is -0.298 e. The molecule has 0 unspecified atom stereocenters. The molecule has 0 fully saturated rings. The molecule has 0 aliphatic carbocycles. The maximum Gasteiger partial charge on any atom is 0.419 e. The van der Waals surface area contributed by atoms with Crippen molar-refractivity contribution < 1.29 is 22.4 Å². The van der Waals surface area contributed by atoms with Gasteiger partial charge in [-0.05, 0) is 59.0 Å². The number of carbonyl (C=O) groups is 1. The second-order valence-corrected chi connectivity index (χ2v) is 7.27. The van der Waals surface area contributed by atoms with Gasteiger partial charge in [0.05, 0.1) is 11.3 Å². The molecular formula is C17H9F4IN2OS. The second-order valence-electron chi connectivity index (χ2n) is 5.16. The van der Waals surface area contributed by atoms with Gasteiger partial charge in [0.25, 0.3) is 5.91 Å². The van der Waals surface area contributed by atoms with Gasteiger partial charge in [0.1, 0.15) is 5.82 Å². The Labute approximate surface area is 163 Å². The highest BCUT2D eigenvalue weighted by Gasteiger charge is 2.35. The van der Waals surface area contributed by atoms with E-state index in [1.807, 2.05) is 0 Å². The minimum absolute atomic E-state index is 0.0245. The number of amides is 1. The van der Waals surface area contributed by atoms with Crippen LogP contribution in [0.2, 0.25) is 0 Å². The van der Waals surface area contributed by atoms with Crippen molar-refractivity contribution in [3.63, 3.8) is 0 Å². The van der Waals surface area contributed by atoms with Crippen LogP contribution in [0.5, 0.6) is 0 Å². The number of nitrogens with zero attached hydrogens (tertiary/aromatic N) is 1. The van der Waals surface area contributed by atoms with Crippen molar-refractivity contribution in [2.75, 3.05) is 5.32 Å². The summed E-state index contributed by atoms with van der Waals surface area (Å²) in [7, 11) is 0. The van der Waals surface area contributed by atoms with Crippen LogP contribution in [0.1, 0.15) is 15.9 Å². The van der Waals surface area contributed by atoms with Crippen LogP contribution in [0.15, 0.2) is 47.8 Å². The number of benzene rings is 2. The largest absolute Gasteiger partial charge is 0.419 e. The minimum atomic E-state index is -4.79. The molecule has 9 heteroatoms. The summed E-state index contributed by atoms with van der Waals surface area (Å²) in [6.45, 7) is 0. The third-order valence-corrected chi connectivity index (χ3v) is 4.89. The lowest BCUT2D eigenvalue weighted by Crippen LogP contribution is -2.11. The fourth-order valence-electron chi connectivity index (χ4n) is 2.17. The quantitative estimate of drug-likeness (QED) is 0.370. The van der Waals surface area contributed by atoms with Crippen LogP contribution >= 0.6 is 33.9 Å². The summed E-state index contributed by atoms with van der Waals surface area (Å²) in [5.41, 5.74) is -1.19. The number of aromatic nitrogens is 1. The van der Waals surface area contributed by atoms with Crippen molar-refractivity contribution >= 4 is 45.0 Å². The summed E-state index contributed by atoms with van der Waals surface area (Å²) >= 11 is 3.11. The van der Waals surface area contributed by atoms with Gasteiger partial charge in [0.15, 0.2) is 5.13 Å². The first-order valence-electron chi connectivity index (χ1n) is 7.14. The molecule has 26 heavy (non-hydrogen) atoms. The molecule has 134 valence electrons. The summed E-state index contributed by atoms with van der Waals surface area (Å²) < 4.78 is 53.6. The molecule has 3 rings (SSSR count). The zero-order valence-electron chi connectivity index (χ0n) is 12.8. The summed E-state index contributed by atoms with van der Waals surface area (Å²) in [5, 5.41) is 4.11. The van der Waals surface area contributed by atoms with E-state index in [4.69, 9.17) is 0 Å². The molecule has 0 atom stereocenters. The van der Waals surface area contributed by atoms with E-state index in [9.17, 15) is 22.4 Å². The molecule has 0 radical (unpaired) electrons. The maximum absolute atomic E-state index is 14.2. The van der Waals surface area contributed by atoms with Crippen LogP contribution in [-0.2, 0) is 6.18 Å². The second kappa shape index (κ2) is 7.31. The molecule has 2 aromatic carbocycles. The van der Waals surface area contributed by atoms with Gasteiger partial charge < -0.3 is 0 Å². The predicted molar refractivity (Wildman–Crippen MR) is 99.6 cm³/mol. The number of hydrogen-bond acceptors (Lipinski definition) is 3. The third-order valence-electron chi connectivity index (χ3n) is 3.41. The van der Waals surface area contributed by atoms with E-state index in [1.54, 1.807) is 24.3 Å². The van der Waals surface area contributed by atoms with E-state index in [2.05, 4.69) is 32.9 Å². The van der Waals surface area contributed by atoms with Gasteiger partial charge >= 0.3 is 6.18 Å². The van der Waals surface area contributed by atoms with Crippen LogP contribution in [0.3, 0.4) is 0 Å². The molecule has 0 aliphatic heterocycles. The Morgan fingerprint density at radius 1 is 1.12 bits per heavy atom. The highest BCUT2D eigenvalue weighted by atomic mass is 127. The smallest absolute Gasteiger partial charge is 0.298 e. The van der Waals surface area contributed by atoms with E-state index in [0.29, 0.717) is 11.6 Å². The van der Waals surface area contributed by atoms with Crippen LogP contribution in [-0.4, -0.2) is 10.9 Å². The van der Waals surface area contributed by atoms with Crippen molar-refractivity contribution in [2.24, 2.45) is 0 Å². The fourth-order valence-corrected chi connectivity index (χ4v) is 3.24. The van der Waals surface area contributed by atoms with Crippen molar-refractivity contribution in [1.29, 1.82) is 0 Å². The molecule has 3 aromatic rings. The van der Waals surface area contributed by atoms with Crippen molar-refractivity contribution in [2.45, 2.75) is 6.18 Å². The fraction of sp³-hybridized carbons (Fsp3) is 0.0588. The average molecular weight is 492 g/mol. The average Bonchev–Trinajstić information content (AvgIpc) is 3.02. The summed E-state index contributed by atoms with van der Waals surface area (Å²) in [4.78, 5) is 16.2. The standard InChI is InChI=1S/C17H9F4IN2OS/c18-14-11(2-1-3-12(14)17(19,20)21)13-8-26-16(23-13)24-15(25)9-4-6-10(22)7-5-9/h1-8H,(H,23,24,25). The Balaban J connectivity index is 1.84. The van der Waals surface area contributed by atoms with Gasteiger partial charge in [-0.25, -0.2) is 9.37 Å². The number of rotatable bonds is 3. The third kappa shape index (κ3) is 4.04. The monoisotopic (exact) mass is 492 g/mol. The Hall–Kier alpha value is -2.01. The molecule has 0 saturated heterocycles. The van der Waals surface area contributed by atoms with Gasteiger partial charge in [0, 0.05) is 20.1 Å². The summed E-state index contributed by atoms with van der Waals surface area (Å²) in [6, 6.07) is 9.80. The Morgan fingerprint density at radius 3 is 2.46 bits per heavy atom. The normalized spacial score (nSPS) is 11.4. The Kier molecular flexibility index (Phi) is 5.28. The SMILES string of the molecule is O=C(Nc1nc(-c2cccc(C(F)(F)F)c2F)cs1)c1ccc(I)cc1. The van der Waals surface area contributed by atoms with Gasteiger partial charge in [-0.2, -0.15) is 13.2 Å². The summed E-state index contributed by atoms with van der Waals surface area (Å²) in [6.07, 6.45) is -4.79. The van der Waals surface area contributed by atoms with Crippen LogP contribution < -0.4 is 5.32 Å². The highest BCUT2D eigenvalue weighted by Crippen LogP contribution is 2.36. The Bertz CT molecular complexity index is 954. The number of thiazole rings is 1. The van der Waals surface area contributed by atoms with Crippen LogP contribution in [0, 0.1) is 9.39 Å². The molecule has 1 amide bonds. The number of nitrogens with one attached hydrogen (secondary N) is 1. The highest BCUT2D eigenvalue weighted by molar-refractivity contribution is 14.1. The van der Waals surface area contributed by atoms with Crippen LogP contribution in [0.25, 0.3) is 11.3 Å². The molecule has 1 heterocycles. The molecule has 1 aromatic heterocycles. The van der Waals surface area contributed by atoms with Gasteiger partial charge in [0.2, 0.25) is 0 Å². The molecule has 0 spiro atoms. The lowest BCUT2D eigenvalue weighted by atomic mass is 10.1. The molecule has 1 N–H and O–H groups in total. The van der Waals surface area contributed by atoms with E-state index in [-0.39, 0.29) is 16.4 Å². The lowest BCUT2D eigenvalue weighted by molar-refractivity contribution is -0.139. The van der Waals surface area contributed by atoms with Gasteiger partial charge in [-0.1, -0.05) is 6.07 Å². The molecule has 0 saturated carbocycles. The first kappa shape index (κ1) is 18.8. The van der Waals surface area contributed by atoms with Crippen molar-refractivity contribution in [1.82, 2.24) is 4.98 Å². The number of hydrogen-bond donors (Lipinski definition) is 1. The zero-order valence-corrected chi connectivity index (χ0v) is 15.7. The lowest BCUT2D eigenvalue weighted by Gasteiger charge is -2.09. The number of anilines is 1. The number of halogens is 5. The van der Waals surface area contributed by atoms with E-state index in [0.717, 1.165) is 21.0 Å². The predicted octanol–water partition coefficient (Wildman–Crippen LogP) is 5.82. The summed E-state index contributed by atoms with van der Waals surface area (Å²) in [5.74, 6) is -1.80. The topological polar surface area (TPSA) is 42.0 Å². The first-order valence-corrected chi connectivity index (χ1v) is 9.10. The van der Waals surface area contributed by atoms with E-state index < -0.39 is 23.5 Å².